The molecule has 1 aliphatic heterocycles. The fourth-order valence-corrected chi connectivity index (χ4v) is 4.31. The van der Waals surface area contributed by atoms with Gasteiger partial charge in [-0.3, -0.25) is 14.5 Å². The van der Waals surface area contributed by atoms with E-state index in [9.17, 15) is 9.59 Å². The third-order valence-electron chi connectivity index (χ3n) is 4.17. The highest BCUT2D eigenvalue weighted by Crippen LogP contribution is 2.34. The average molecular weight is 419 g/mol. The van der Waals surface area contributed by atoms with Crippen LogP contribution in [0.25, 0.3) is 11.8 Å². The summed E-state index contributed by atoms with van der Waals surface area (Å²) in [4.78, 5) is 26.3. The molecule has 25 heavy (non-hydrogen) atoms. The van der Waals surface area contributed by atoms with E-state index in [0.717, 1.165) is 45.3 Å². The van der Waals surface area contributed by atoms with Crippen LogP contribution >= 0.6 is 27.7 Å². The van der Waals surface area contributed by atoms with E-state index in [1.165, 1.54) is 4.90 Å². The molecule has 0 N–H and O–H groups in total. The predicted molar refractivity (Wildman–Crippen MR) is 106 cm³/mol. The van der Waals surface area contributed by atoms with Crippen molar-refractivity contribution in [1.82, 2.24) is 9.47 Å². The van der Waals surface area contributed by atoms with Gasteiger partial charge in [-0.05, 0) is 77.8 Å². The molecule has 0 aliphatic carbocycles. The summed E-state index contributed by atoms with van der Waals surface area (Å²) >= 11 is 4.61. The summed E-state index contributed by atoms with van der Waals surface area (Å²) in [6.07, 6.45) is 2.60. The number of aryl methyl sites for hydroxylation is 1. The van der Waals surface area contributed by atoms with Crippen LogP contribution in [0.1, 0.15) is 30.3 Å². The van der Waals surface area contributed by atoms with Gasteiger partial charge in [0, 0.05) is 22.4 Å². The fraction of sp³-hybridized carbons (Fsp3) is 0.263. The largest absolute Gasteiger partial charge is 0.317 e. The Kier molecular flexibility index (Phi) is 5.20. The van der Waals surface area contributed by atoms with Crippen LogP contribution in [0.15, 0.2) is 39.7 Å². The van der Waals surface area contributed by atoms with Crippen LogP contribution in [0.2, 0.25) is 0 Å². The maximum atomic E-state index is 12.4. The summed E-state index contributed by atoms with van der Waals surface area (Å²) in [6, 6.07) is 10.1. The molecule has 1 aliphatic rings. The number of nitrogens with zero attached hydrogens (tertiary/aromatic N) is 2. The van der Waals surface area contributed by atoms with Gasteiger partial charge in [-0.2, -0.15) is 0 Å². The average Bonchev–Trinajstić information content (AvgIpc) is 2.99. The van der Waals surface area contributed by atoms with Crippen LogP contribution in [0.5, 0.6) is 0 Å². The van der Waals surface area contributed by atoms with Crippen molar-refractivity contribution >= 4 is 44.9 Å². The molecular formula is C19H19BrN2O2S. The van der Waals surface area contributed by atoms with E-state index in [2.05, 4.69) is 20.5 Å². The molecular weight excluding hydrogens is 400 g/mol. The smallest absolute Gasteiger partial charge is 0.293 e. The Morgan fingerprint density at radius 1 is 1.20 bits per heavy atom. The maximum absolute atomic E-state index is 12.4. The second kappa shape index (κ2) is 7.22. The molecule has 130 valence electrons. The third-order valence-corrected chi connectivity index (χ3v) is 5.75. The van der Waals surface area contributed by atoms with E-state index in [0.29, 0.717) is 11.4 Å². The molecule has 1 aromatic heterocycles. The molecule has 4 nitrogen and oxygen atoms in total. The van der Waals surface area contributed by atoms with Gasteiger partial charge in [0.1, 0.15) is 0 Å². The number of thioether (sulfide) groups is 1. The number of aromatic nitrogens is 1. The quantitative estimate of drug-likeness (QED) is 0.632. The molecule has 3 rings (SSSR count). The van der Waals surface area contributed by atoms with Gasteiger partial charge in [0.05, 0.1) is 10.6 Å². The van der Waals surface area contributed by atoms with E-state index in [1.54, 1.807) is 0 Å². The molecule has 0 bridgehead atoms. The zero-order chi connectivity index (χ0) is 18.1. The summed E-state index contributed by atoms with van der Waals surface area (Å²) in [5.74, 6) is -0.192. The third kappa shape index (κ3) is 3.33. The fourth-order valence-electron chi connectivity index (χ4n) is 3.00. The first-order chi connectivity index (χ1) is 11.9. The van der Waals surface area contributed by atoms with Gasteiger partial charge in [-0.1, -0.05) is 19.1 Å². The number of rotatable bonds is 4. The second-order valence-corrected chi connectivity index (χ2v) is 7.79. The molecule has 6 heteroatoms. The Balaban J connectivity index is 2.01. The van der Waals surface area contributed by atoms with Gasteiger partial charge < -0.3 is 4.57 Å². The first-order valence-electron chi connectivity index (χ1n) is 8.13. The highest BCUT2D eigenvalue weighted by atomic mass is 79.9. The summed E-state index contributed by atoms with van der Waals surface area (Å²) in [5.41, 5.74) is 4.11. The minimum atomic E-state index is -0.192. The first-order valence-corrected chi connectivity index (χ1v) is 9.74. The summed E-state index contributed by atoms with van der Waals surface area (Å²) in [6.45, 7) is 6.48. The van der Waals surface area contributed by atoms with Crippen molar-refractivity contribution < 1.29 is 9.59 Å². The van der Waals surface area contributed by atoms with Crippen molar-refractivity contribution in [3.05, 3.63) is 56.7 Å². The van der Waals surface area contributed by atoms with E-state index in [-0.39, 0.29) is 11.1 Å². The van der Waals surface area contributed by atoms with E-state index in [1.807, 2.05) is 57.2 Å². The number of carbonyl (C=O) groups excluding carboxylic acids is 2. The Bertz CT molecular complexity index is 886. The lowest BCUT2D eigenvalue weighted by Crippen LogP contribution is -2.28. The number of amides is 2. The van der Waals surface area contributed by atoms with Crippen molar-refractivity contribution in [3.63, 3.8) is 0 Å². The lowest BCUT2D eigenvalue weighted by Gasteiger charge is -2.11. The summed E-state index contributed by atoms with van der Waals surface area (Å²) in [7, 11) is 0. The van der Waals surface area contributed by atoms with Gasteiger partial charge in [0.2, 0.25) is 0 Å². The van der Waals surface area contributed by atoms with Gasteiger partial charge in [0.25, 0.3) is 11.1 Å². The topological polar surface area (TPSA) is 42.3 Å². The van der Waals surface area contributed by atoms with Crippen LogP contribution in [0, 0.1) is 13.8 Å². The van der Waals surface area contributed by atoms with Gasteiger partial charge in [-0.15, -0.1) is 0 Å². The van der Waals surface area contributed by atoms with Gasteiger partial charge >= 0.3 is 0 Å². The minimum Gasteiger partial charge on any atom is -0.317 e. The lowest BCUT2D eigenvalue weighted by atomic mass is 10.2. The van der Waals surface area contributed by atoms with Gasteiger partial charge in [-0.25, -0.2) is 0 Å². The van der Waals surface area contributed by atoms with Crippen molar-refractivity contribution in [1.29, 1.82) is 0 Å². The van der Waals surface area contributed by atoms with Crippen molar-refractivity contribution in [3.8, 4) is 5.69 Å². The lowest BCUT2D eigenvalue weighted by molar-refractivity contribution is -0.122. The zero-order valence-electron chi connectivity index (χ0n) is 14.4. The van der Waals surface area contributed by atoms with Crippen LogP contribution in [-0.4, -0.2) is 27.2 Å². The Hall–Kier alpha value is -1.79. The normalized spacial score (nSPS) is 16.3. The second-order valence-electron chi connectivity index (χ2n) is 5.95. The zero-order valence-corrected chi connectivity index (χ0v) is 16.8. The number of imide groups is 1. The molecule has 0 radical (unpaired) electrons. The SMILES string of the molecule is CCCN1C(=O)S/C(=C/c2cc(C)n(-c3ccccc3Br)c2C)C1=O. The Morgan fingerprint density at radius 2 is 1.92 bits per heavy atom. The number of halogens is 1. The monoisotopic (exact) mass is 418 g/mol. The maximum Gasteiger partial charge on any atom is 0.293 e. The highest BCUT2D eigenvalue weighted by Gasteiger charge is 2.34. The van der Waals surface area contributed by atoms with Crippen LogP contribution < -0.4 is 0 Å². The van der Waals surface area contributed by atoms with Gasteiger partial charge in [0.15, 0.2) is 0 Å². The molecule has 0 unspecified atom stereocenters. The predicted octanol–water partition coefficient (Wildman–Crippen LogP) is 5.30. The van der Waals surface area contributed by atoms with Crippen LogP contribution in [0.3, 0.4) is 0 Å². The number of hydrogen-bond donors (Lipinski definition) is 0. The van der Waals surface area contributed by atoms with Crippen LogP contribution in [-0.2, 0) is 4.79 Å². The molecule has 1 fully saturated rings. The molecule has 1 saturated heterocycles. The molecule has 2 heterocycles. The van der Waals surface area contributed by atoms with Crippen molar-refractivity contribution in [2.24, 2.45) is 0 Å². The Labute approximate surface area is 160 Å². The van der Waals surface area contributed by atoms with E-state index in [4.69, 9.17) is 0 Å². The van der Waals surface area contributed by atoms with E-state index < -0.39 is 0 Å². The number of para-hydroxylation sites is 1. The van der Waals surface area contributed by atoms with Crippen molar-refractivity contribution in [2.75, 3.05) is 6.54 Å². The number of benzene rings is 1. The molecule has 0 saturated carbocycles. The Morgan fingerprint density at radius 3 is 2.60 bits per heavy atom. The van der Waals surface area contributed by atoms with Crippen molar-refractivity contribution in [2.45, 2.75) is 27.2 Å². The van der Waals surface area contributed by atoms with E-state index >= 15 is 0 Å². The molecule has 0 atom stereocenters. The highest BCUT2D eigenvalue weighted by molar-refractivity contribution is 9.10. The molecule has 1 aromatic carbocycles. The van der Waals surface area contributed by atoms with Crippen LogP contribution in [0.4, 0.5) is 4.79 Å². The minimum absolute atomic E-state index is 0.183. The standard InChI is InChI=1S/C19H19BrN2O2S/c1-4-9-21-18(23)17(25-19(21)24)11-14-10-12(2)22(13(14)3)16-8-6-5-7-15(16)20/h5-8,10-11H,4,9H2,1-3H3/b17-11+. The summed E-state index contributed by atoms with van der Waals surface area (Å²) < 4.78 is 3.15. The molecule has 2 amide bonds. The number of hydrogen-bond acceptors (Lipinski definition) is 3. The number of carbonyl (C=O) groups is 2. The molecule has 0 spiro atoms. The summed E-state index contributed by atoms with van der Waals surface area (Å²) in [5, 5.41) is -0.183. The molecule has 2 aromatic rings. The first kappa shape index (κ1) is 18.0.